The van der Waals surface area contributed by atoms with E-state index < -0.39 is 0 Å². The molecule has 16 heavy (non-hydrogen) atoms. The average molecular weight is 284 g/mol. The van der Waals surface area contributed by atoms with Crippen LogP contribution in [0.15, 0.2) is 40.3 Å². The zero-order valence-electron chi connectivity index (χ0n) is 8.78. The largest absolute Gasteiger partial charge is 0.507 e. The van der Waals surface area contributed by atoms with E-state index in [9.17, 15) is 5.11 Å². The van der Waals surface area contributed by atoms with Crippen LogP contribution in [0.2, 0.25) is 0 Å². The smallest absolute Gasteiger partial charge is 0.189 e. The Labute approximate surface area is 103 Å². The minimum absolute atomic E-state index is 0.213. The number of hydrogen-bond donors (Lipinski definition) is 3. The topological polar surface area (TPSA) is 70.6 Å². The standard InChI is InChI=1S/C11H14BrN3O/c1-2-5-14-11(13)15-7-8-3-4-10(16)9(12)6-8/h2-4,6,16H,1,5,7H2,(H3,13,14,15). The highest BCUT2D eigenvalue weighted by Gasteiger charge is 1.99. The van der Waals surface area contributed by atoms with Crippen molar-refractivity contribution in [1.29, 1.82) is 0 Å². The van der Waals surface area contributed by atoms with E-state index in [2.05, 4.69) is 32.8 Å². The van der Waals surface area contributed by atoms with Gasteiger partial charge in [0.2, 0.25) is 0 Å². The Kier molecular flexibility index (Phi) is 4.85. The van der Waals surface area contributed by atoms with Gasteiger partial charge in [0.25, 0.3) is 0 Å². The highest BCUT2D eigenvalue weighted by molar-refractivity contribution is 9.10. The molecule has 4 N–H and O–H groups in total. The molecule has 0 fully saturated rings. The number of phenolic OH excluding ortho intramolecular Hbond substituents is 1. The summed E-state index contributed by atoms with van der Waals surface area (Å²) in [6.07, 6.45) is 1.71. The molecule has 4 nitrogen and oxygen atoms in total. The number of halogens is 1. The van der Waals surface area contributed by atoms with Crippen LogP contribution in [0.3, 0.4) is 0 Å². The lowest BCUT2D eigenvalue weighted by molar-refractivity contribution is 0.471. The van der Waals surface area contributed by atoms with E-state index in [4.69, 9.17) is 5.73 Å². The lowest BCUT2D eigenvalue weighted by Gasteiger charge is -2.03. The normalized spacial score (nSPS) is 11.2. The maximum atomic E-state index is 9.31. The van der Waals surface area contributed by atoms with E-state index in [0.717, 1.165) is 5.56 Å². The van der Waals surface area contributed by atoms with Crippen LogP contribution in [-0.2, 0) is 6.54 Å². The lowest BCUT2D eigenvalue weighted by Crippen LogP contribution is -2.31. The molecule has 0 atom stereocenters. The minimum Gasteiger partial charge on any atom is -0.507 e. The number of benzene rings is 1. The molecule has 5 heteroatoms. The Morgan fingerprint density at radius 3 is 3.00 bits per heavy atom. The first kappa shape index (κ1) is 12.6. The van der Waals surface area contributed by atoms with Gasteiger partial charge in [0.05, 0.1) is 11.0 Å². The summed E-state index contributed by atoms with van der Waals surface area (Å²) in [5.41, 5.74) is 6.57. The van der Waals surface area contributed by atoms with Gasteiger partial charge in [0.1, 0.15) is 5.75 Å². The zero-order valence-corrected chi connectivity index (χ0v) is 10.4. The van der Waals surface area contributed by atoms with Gasteiger partial charge in [0, 0.05) is 6.54 Å². The first-order valence-electron chi connectivity index (χ1n) is 4.75. The molecule has 0 heterocycles. The van der Waals surface area contributed by atoms with Crippen molar-refractivity contribution in [2.24, 2.45) is 10.7 Å². The van der Waals surface area contributed by atoms with E-state index in [1.165, 1.54) is 0 Å². The number of nitrogens with two attached hydrogens (primary N) is 1. The molecule has 0 radical (unpaired) electrons. The van der Waals surface area contributed by atoms with Gasteiger partial charge in [-0.1, -0.05) is 12.1 Å². The SMILES string of the molecule is C=CCNC(N)=NCc1ccc(O)c(Br)c1. The summed E-state index contributed by atoms with van der Waals surface area (Å²) >= 11 is 3.24. The fraction of sp³-hybridized carbons (Fsp3) is 0.182. The van der Waals surface area contributed by atoms with E-state index in [-0.39, 0.29) is 5.75 Å². The summed E-state index contributed by atoms with van der Waals surface area (Å²) in [6, 6.07) is 5.21. The number of rotatable bonds is 4. The van der Waals surface area contributed by atoms with Crippen LogP contribution in [-0.4, -0.2) is 17.6 Å². The number of aromatic hydroxyl groups is 1. The van der Waals surface area contributed by atoms with Crippen molar-refractivity contribution in [2.75, 3.05) is 6.54 Å². The van der Waals surface area contributed by atoms with Crippen LogP contribution < -0.4 is 11.1 Å². The monoisotopic (exact) mass is 283 g/mol. The maximum absolute atomic E-state index is 9.31. The number of guanidine groups is 1. The molecule has 0 aliphatic rings. The van der Waals surface area contributed by atoms with E-state index >= 15 is 0 Å². The number of nitrogens with zero attached hydrogens (tertiary/aromatic N) is 1. The molecular weight excluding hydrogens is 270 g/mol. The van der Waals surface area contributed by atoms with Gasteiger partial charge in [-0.05, 0) is 33.6 Å². The van der Waals surface area contributed by atoms with Gasteiger partial charge in [-0.3, -0.25) is 0 Å². The predicted octanol–water partition coefficient (Wildman–Crippen LogP) is 1.74. The van der Waals surface area contributed by atoms with Crippen LogP contribution >= 0.6 is 15.9 Å². The van der Waals surface area contributed by atoms with Crippen molar-refractivity contribution < 1.29 is 5.11 Å². The second kappa shape index (κ2) is 6.17. The van der Waals surface area contributed by atoms with Gasteiger partial charge in [0.15, 0.2) is 5.96 Å². The Hall–Kier alpha value is -1.49. The van der Waals surface area contributed by atoms with Crippen molar-refractivity contribution in [3.8, 4) is 5.75 Å². The second-order valence-corrected chi connectivity index (χ2v) is 4.01. The fourth-order valence-corrected chi connectivity index (χ4v) is 1.48. The molecule has 0 bridgehead atoms. The minimum atomic E-state index is 0.213. The van der Waals surface area contributed by atoms with Crippen molar-refractivity contribution in [2.45, 2.75) is 6.54 Å². The Morgan fingerprint density at radius 2 is 2.38 bits per heavy atom. The maximum Gasteiger partial charge on any atom is 0.189 e. The first-order valence-corrected chi connectivity index (χ1v) is 5.55. The zero-order chi connectivity index (χ0) is 12.0. The summed E-state index contributed by atoms with van der Waals surface area (Å²) < 4.78 is 0.651. The second-order valence-electron chi connectivity index (χ2n) is 3.16. The summed E-state index contributed by atoms with van der Waals surface area (Å²) in [6.45, 7) is 4.62. The third-order valence-electron chi connectivity index (χ3n) is 1.87. The molecule has 0 unspecified atom stereocenters. The summed E-state index contributed by atoms with van der Waals surface area (Å²) in [4.78, 5) is 4.14. The first-order chi connectivity index (χ1) is 7.63. The van der Waals surface area contributed by atoms with Crippen molar-refractivity contribution >= 4 is 21.9 Å². The van der Waals surface area contributed by atoms with Gasteiger partial charge in [-0.2, -0.15) is 0 Å². The van der Waals surface area contributed by atoms with Gasteiger partial charge < -0.3 is 16.2 Å². The number of aliphatic imine (C=N–C) groups is 1. The molecule has 0 spiro atoms. The van der Waals surface area contributed by atoms with Crippen molar-refractivity contribution in [3.63, 3.8) is 0 Å². The summed E-state index contributed by atoms with van der Waals surface area (Å²) in [7, 11) is 0. The van der Waals surface area contributed by atoms with Gasteiger partial charge >= 0.3 is 0 Å². The third kappa shape index (κ3) is 3.94. The summed E-state index contributed by atoms with van der Waals surface area (Å²) in [5, 5.41) is 12.2. The van der Waals surface area contributed by atoms with E-state index in [0.29, 0.717) is 23.5 Å². The summed E-state index contributed by atoms with van der Waals surface area (Å²) in [5.74, 6) is 0.592. The molecule has 0 aliphatic heterocycles. The third-order valence-corrected chi connectivity index (χ3v) is 2.51. The Balaban J connectivity index is 2.59. The molecule has 0 amide bonds. The Morgan fingerprint density at radius 1 is 1.62 bits per heavy atom. The van der Waals surface area contributed by atoms with Crippen LogP contribution in [0.5, 0.6) is 5.75 Å². The van der Waals surface area contributed by atoms with Crippen molar-refractivity contribution in [3.05, 3.63) is 40.9 Å². The van der Waals surface area contributed by atoms with Crippen LogP contribution in [0.1, 0.15) is 5.56 Å². The van der Waals surface area contributed by atoms with Crippen LogP contribution in [0, 0.1) is 0 Å². The quantitative estimate of drug-likeness (QED) is 0.448. The Bertz CT molecular complexity index is 404. The molecule has 0 saturated heterocycles. The number of nitrogens with one attached hydrogen (secondary N) is 1. The highest BCUT2D eigenvalue weighted by atomic mass is 79.9. The molecule has 0 aromatic heterocycles. The fourth-order valence-electron chi connectivity index (χ4n) is 1.06. The van der Waals surface area contributed by atoms with Crippen LogP contribution in [0.25, 0.3) is 0 Å². The highest BCUT2D eigenvalue weighted by Crippen LogP contribution is 2.24. The molecule has 86 valence electrons. The number of phenols is 1. The molecule has 1 rings (SSSR count). The average Bonchev–Trinajstić information content (AvgIpc) is 2.28. The predicted molar refractivity (Wildman–Crippen MR) is 69.3 cm³/mol. The molecule has 1 aromatic rings. The molecule has 0 aliphatic carbocycles. The lowest BCUT2D eigenvalue weighted by atomic mass is 10.2. The van der Waals surface area contributed by atoms with E-state index in [1.54, 1.807) is 24.3 Å². The molecule has 1 aromatic carbocycles. The van der Waals surface area contributed by atoms with Crippen molar-refractivity contribution in [1.82, 2.24) is 5.32 Å². The molecule has 0 saturated carbocycles. The van der Waals surface area contributed by atoms with Crippen LogP contribution in [0.4, 0.5) is 0 Å². The van der Waals surface area contributed by atoms with Gasteiger partial charge in [-0.15, -0.1) is 6.58 Å². The number of hydrogen-bond acceptors (Lipinski definition) is 2. The van der Waals surface area contributed by atoms with E-state index in [1.807, 2.05) is 0 Å². The van der Waals surface area contributed by atoms with Gasteiger partial charge in [-0.25, -0.2) is 4.99 Å². The molecular formula is C11H14BrN3O.